The topological polar surface area (TPSA) is 72.1 Å². The lowest BCUT2D eigenvalue weighted by atomic mass is 10.1. The van der Waals surface area contributed by atoms with Gasteiger partial charge in [-0.3, -0.25) is 4.79 Å². The van der Waals surface area contributed by atoms with Gasteiger partial charge >= 0.3 is 0 Å². The Hall–Kier alpha value is -1.95. The molecule has 5 nitrogen and oxygen atoms in total. The van der Waals surface area contributed by atoms with E-state index in [9.17, 15) is 4.79 Å². The molecule has 1 saturated heterocycles. The number of hydrogen-bond acceptors (Lipinski definition) is 5. The minimum atomic E-state index is 0.0998. The Morgan fingerprint density at radius 2 is 2.26 bits per heavy atom. The van der Waals surface area contributed by atoms with Crippen molar-refractivity contribution in [1.29, 1.82) is 0 Å². The SMILES string of the molecule is Cc1cccc(N2C[C@H](c3nnc(N)s3)CC2=O)c1. The molecule has 0 aliphatic carbocycles. The first-order valence-electron chi connectivity index (χ1n) is 6.09. The fourth-order valence-electron chi connectivity index (χ4n) is 2.33. The van der Waals surface area contributed by atoms with Crippen molar-refractivity contribution in [3.05, 3.63) is 34.8 Å². The lowest BCUT2D eigenvalue weighted by Gasteiger charge is -2.16. The Labute approximate surface area is 115 Å². The van der Waals surface area contributed by atoms with E-state index in [-0.39, 0.29) is 11.8 Å². The van der Waals surface area contributed by atoms with Crippen LogP contribution in [0.4, 0.5) is 10.8 Å². The lowest BCUT2D eigenvalue weighted by Crippen LogP contribution is -2.24. The number of nitrogen functional groups attached to an aromatic ring is 1. The highest BCUT2D eigenvalue weighted by Gasteiger charge is 2.33. The molecule has 6 heteroatoms. The average molecular weight is 274 g/mol. The molecule has 2 aromatic rings. The maximum Gasteiger partial charge on any atom is 0.227 e. The smallest absolute Gasteiger partial charge is 0.227 e. The number of rotatable bonds is 2. The summed E-state index contributed by atoms with van der Waals surface area (Å²) >= 11 is 1.36. The van der Waals surface area contributed by atoms with Gasteiger partial charge in [-0.2, -0.15) is 0 Å². The van der Waals surface area contributed by atoms with Crippen LogP contribution in [0.2, 0.25) is 0 Å². The van der Waals surface area contributed by atoms with E-state index >= 15 is 0 Å². The van der Waals surface area contributed by atoms with Gasteiger partial charge in [-0.25, -0.2) is 0 Å². The third kappa shape index (κ3) is 2.31. The molecule has 0 radical (unpaired) electrons. The van der Waals surface area contributed by atoms with Gasteiger partial charge in [0.2, 0.25) is 11.0 Å². The number of nitrogens with two attached hydrogens (primary N) is 1. The van der Waals surface area contributed by atoms with Crippen LogP contribution < -0.4 is 10.6 Å². The van der Waals surface area contributed by atoms with Gasteiger partial charge in [0.1, 0.15) is 5.01 Å². The third-order valence-electron chi connectivity index (χ3n) is 3.24. The maximum atomic E-state index is 12.1. The van der Waals surface area contributed by atoms with Gasteiger partial charge in [0.15, 0.2) is 0 Å². The van der Waals surface area contributed by atoms with Gasteiger partial charge in [-0.15, -0.1) is 10.2 Å². The summed E-state index contributed by atoms with van der Waals surface area (Å²) in [5.41, 5.74) is 7.69. The summed E-state index contributed by atoms with van der Waals surface area (Å²) in [5, 5.41) is 9.16. The molecular weight excluding hydrogens is 260 g/mol. The largest absolute Gasteiger partial charge is 0.374 e. The molecule has 2 N–H and O–H groups in total. The molecule has 1 aliphatic rings. The van der Waals surface area contributed by atoms with Crippen molar-refractivity contribution in [2.24, 2.45) is 0 Å². The van der Waals surface area contributed by atoms with Crippen LogP contribution >= 0.6 is 11.3 Å². The molecule has 3 rings (SSSR count). The minimum Gasteiger partial charge on any atom is -0.374 e. The average Bonchev–Trinajstić information content (AvgIpc) is 2.95. The first-order chi connectivity index (χ1) is 9.13. The van der Waals surface area contributed by atoms with E-state index in [1.54, 1.807) is 0 Å². The second-order valence-corrected chi connectivity index (χ2v) is 5.76. The Morgan fingerprint density at radius 3 is 2.95 bits per heavy atom. The normalized spacial score (nSPS) is 19.1. The molecule has 1 aromatic carbocycles. The van der Waals surface area contributed by atoms with E-state index in [4.69, 9.17) is 5.73 Å². The number of carbonyl (C=O) groups excluding carboxylic acids is 1. The highest BCUT2D eigenvalue weighted by Crippen LogP contribution is 2.33. The van der Waals surface area contributed by atoms with E-state index < -0.39 is 0 Å². The molecule has 1 atom stereocenters. The molecule has 19 heavy (non-hydrogen) atoms. The fraction of sp³-hybridized carbons (Fsp3) is 0.308. The molecule has 1 aliphatic heterocycles. The predicted octanol–water partition coefficient (Wildman–Crippen LogP) is 1.95. The lowest BCUT2D eigenvalue weighted by molar-refractivity contribution is -0.117. The summed E-state index contributed by atoms with van der Waals surface area (Å²) in [6, 6.07) is 7.97. The van der Waals surface area contributed by atoms with Crippen molar-refractivity contribution in [3.63, 3.8) is 0 Å². The first kappa shape index (κ1) is 12.1. The monoisotopic (exact) mass is 274 g/mol. The summed E-state index contributed by atoms with van der Waals surface area (Å²) in [5.74, 6) is 0.229. The van der Waals surface area contributed by atoms with Gasteiger partial charge in [-0.1, -0.05) is 23.5 Å². The zero-order valence-corrected chi connectivity index (χ0v) is 11.4. The Balaban J connectivity index is 1.84. The summed E-state index contributed by atoms with van der Waals surface area (Å²) in [4.78, 5) is 13.9. The molecule has 0 unspecified atom stereocenters. The second-order valence-electron chi connectivity index (χ2n) is 4.72. The van der Waals surface area contributed by atoms with Crippen molar-refractivity contribution in [1.82, 2.24) is 10.2 Å². The molecular formula is C13H14N4OS. The Bertz CT molecular complexity index is 625. The predicted molar refractivity (Wildman–Crippen MR) is 75.2 cm³/mol. The molecule has 0 spiro atoms. The van der Waals surface area contributed by atoms with Crippen LogP contribution in [-0.4, -0.2) is 22.6 Å². The van der Waals surface area contributed by atoms with E-state index in [2.05, 4.69) is 10.2 Å². The van der Waals surface area contributed by atoms with Gasteiger partial charge in [-0.05, 0) is 24.6 Å². The fourth-order valence-corrected chi connectivity index (χ4v) is 3.03. The minimum absolute atomic E-state index is 0.0998. The van der Waals surface area contributed by atoms with Crippen LogP contribution in [0.25, 0.3) is 0 Å². The van der Waals surface area contributed by atoms with Crippen LogP contribution in [0.15, 0.2) is 24.3 Å². The van der Waals surface area contributed by atoms with Crippen LogP contribution in [0.5, 0.6) is 0 Å². The molecule has 1 fully saturated rings. The van der Waals surface area contributed by atoms with Crippen molar-refractivity contribution in [2.75, 3.05) is 17.2 Å². The zero-order chi connectivity index (χ0) is 13.4. The summed E-state index contributed by atoms with van der Waals surface area (Å²) in [7, 11) is 0. The highest BCUT2D eigenvalue weighted by molar-refractivity contribution is 7.15. The second kappa shape index (κ2) is 4.62. The van der Waals surface area contributed by atoms with Gasteiger partial charge in [0, 0.05) is 24.6 Å². The van der Waals surface area contributed by atoms with Gasteiger partial charge in [0.05, 0.1) is 0 Å². The number of benzene rings is 1. The molecule has 0 bridgehead atoms. The van der Waals surface area contributed by atoms with E-state index in [1.165, 1.54) is 11.3 Å². The quantitative estimate of drug-likeness (QED) is 0.908. The summed E-state index contributed by atoms with van der Waals surface area (Å²) in [6.45, 7) is 2.67. The summed E-state index contributed by atoms with van der Waals surface area (Å²) in [6.07, 6.45) is 0.475. The number of carbonyl (C=O) groups is 1. The number of aryl methyl sites for hydroxylation is 1. The van der Waals surface area contributed by atoms with Crippen molar-refractivity contribution < 1.29 is 4.79 Å². The van der Waals surface area contributed by atoms with Crippen LogP contribution in [0, 0.1) is 6.92 Å². The number of amides is 1. The van der Waals surface area contributed by atoms with E-state index in [1.807, 2.05) is 36.1 Å². The van der Waals surface area contributed by atoms with Crippen LogP contribution in [0.3, 0.4) is 0 Å². The zero-order valence-electron chi connectivity index (χ0n) is 10.5. The summed E-state index contributed by atoms with van der Waals surface area (Å²) < 4.78 is 0. The van der Waals surface area contributed by atoms with Crippen molar-refractivity contribution >= 4 is 28.1 Å². The highest BCUT2D eigenvalue weighted by atomic mass is 32.1. The van der Waals surface area contributed by atoms with Crippen LogP contribution in [-0.2, 0) is 4.79 Å². The van der Waals surface area contributed by atoms with Gasteiger partial charge < -0.3 is 10.6 Å². The molecule has 98 valence electrons. The molecule has 2 heterocycles. The number of aromatic nitrogens is 2. The third-order valence-corrected chi connectivity index (χ3v) is 4.16. The first-order valence-corrected chi connectivity index (χ1v) is 6.91. The Morgan fingerprint density at radius 1 is 1.42 bits per heavy atom. The number of nitrogens with zero attached hydrogens (tertiary/aromatic N) is 3. The van der Waals surface area contributed by atoms with Gasteiger partial charge in [0.25, 0.3) is 0 Å². The Kier molecular flexibility index (Phi) is 2.94. The van der Waals surface area contributed by atoms with Crippen LogP contribution in [0.1, 0.15) is 22.9 Å². The molecule has 1 aromatic heterocycles. The maximum absolute atomic E-state index is 12.1. The molecule has 1 amide bonds. The van der Waals surface area contributed by atoms with Crippen molar-refractivity contribution in [3.8, 4) is 0 Å². The number of hydrogen-bond donors (Lipinski definition) is 1. The standard InChI is InChI=1S/C13H14N4OS/c1-8-3-2-4-10(5-8)17-7-9(6-11(17)18)12-15-16-13(14)19-12/h2-5,9H,6-7H2,1H3,(H2,14,16)/t9-/m1/s1. The molecule has 0 saturated carbocycles. The number of anilines is 2. The van der Waals surface area contributed by atoms with E-state index in [0.29, 0.717) is 18.1 Å². The van der Waals surface area contributed by atoms with Crippen molar-refractivity contribution in [2.45, 2.75) is 19.3 Å². The van der Waals surface area contributed by atoms with E-state index in [0.717, 1.165) is 16.3 Å².